The number of carbonyl (C=O) groups excluding carboxylic acids is 1. The second kappa shape index (κ2) is 10.7. The van der Waals surface area contributed by atoms with Gasteiger partial charge in [-0.15, -0.1) is 12.4 Å². The molecule has 0 radical (unpaired) electrons. The van der Waals surface area contributed by atoms with E-state index in [2.05, 4.69) is 10.6 Å². The van der Waals surface area contributed by atoms with Crippen molar-refractivity contribution in [3.8, 4) is 5.75 Å². The summed E-state index contributed by atoms with van der Waals surface area (Å²) >= 11 is 0. The third-order valence-electron chi connectivity index (χ3n) is 4.63. The highest BCUT2D eigenvalue weighted by molar-refractivity contribution is 5.85. The molecule has 0 aromatic heterocycles. The Morgan fingerprint density at radius 3 is 2.88 bits per heavy atom. The van der Waals surface area contributed by atoms with Crippen molar-refractivity contribution in [3.05, 3.63) is 29.3 Å². The molecule has 146 valence electrons. The quantitative estimate of drug-likeness (QED) is 0.750. The molecule has 2 atom stereocenters. The standard InChI is InChI=1S/C19H28N2O4.ClH/c1-14-2-3-16(18(8-14)25-12-15-4-6-23-11-15)10-21-19(22)9-17-13-24-7-5-20-17;/h2-3,8,15,17,20H,4-7,9-13H2,1H3,(H,21,22);1H. The van der Waals surface area contributed by atoms with Crippen molar-refractivity contribution in [1.29, 1.82) is 0 Å². The maximum atomic E-state index is 12.2. The Morgan fingerprint density at radius 2 is 2.15 bits per heavy atom. The minimum Gasteiger partial charge on any atom is -0.493 e. The maximum Gasteiger partial charge on any atom is 0.221 e. The van der Waals surface area contributed by atoms with Gasteiger partial charge in [0.1, 0.15) is 5.75 Å². The molecule has 1 aromatic rings. The van der Waals surface area contributed by atoms with Crippen molar-refractivity contribution >= 4 is 18.3 Å². The first-order valence-electron chi connectivity index (χ1n) is 9.08. The molecule has 0 saturated carbocycles. The van der Waals surface area contributed by atoms with Crippen LogP contribution in [0.5, 0.6) is 5.75 Å². The summed E-state index contributed by atoms with van der Waals surface area (Å²) in [6, 6.07) is 6.21. The molecule has 0 aliphatic carbocycles. The minimum atomic E-state index is 0. The van der Waals surface area contributed by atoms with Crippen molar-refractivity contribution in [2.45, 2.75) is 32.4 Å². The second-order valence-corrected chi connectivity index (χ2v) is 6.86. The lowest BCUT2D eigenvalue weighted by Gasteiger charge is -2.23. The van der Waals surface area contributed by atoms with Gasteiger partial charge in [-0.25, -0.2) is 0 Å². The third kappa shape index (κ3) is 6.43. The summed E-state index contributed by atoms with van der Waals surface area (Å²) in [7, 11) is 0. The van der Waals surface area contributed by atoms with Gasteiger partial charge < -0.3 is 24.8 Å². The SMILES string of the molecule is Cc1ccc(CNC(=O)CC2COCCN2)c(OCC2CCOC2)c1.Cl. The molecule has 3 rings (SSSR count). The van der Waals surface area contributed by atoms with Gasteiger partial charge in [0.2, 0.25) is 5.91 Å². The molecule has 0 bridgehead atoms. The lowest BCUT2D eigenvalue weighted by Crippen LogP contribution is -2.44. The van der Waals surface area contributed by atoms with E-state index in [0.29, 0.717) is 38.7 Å². The van der Waals surface area contributed by atoms with Crippen LogP contribution in [0.15, 0.2) is 18.2 Å². The van der Waals surface area contributed by atoms with Crippen LogP contribution in [0.3, 0.4) is 0 Å². The van der Waals surface area contributed by atoms with Gasteiger partial charge >= 0.3 is 0 Å². The van der Waals surface area contributed by atoms with Gasteiger partial charge in [-0.1, -0.05) is 12.1 Å². The van der Waals surface area contributed by atoms with Crippen LogP contribution < -0.4 is 15.4 Å². The Balaban J connectivity index is 0.00000243. The minimum absolute atomic E-state index is 0. The highest BCUT2D eigenvalue weighted by atomic mass is 35.5. The molecule has 2 aliphatic rings. The van der Waals surface area contributed by atoms with E-state index in [1.54, 1.807) is 0 Å². The van der Waals surface area contributed by atoms with E-state index in [-0.39, 0.29) is 24.4 Å². The van der Waals surface area contributed by atoms with Crippen LogP contribution in [-0.2, 0) is 20.8 Å². The van der Waals surface area contributed by atoms with Crippen LogP contribution in [-0.4, -0.2) is 51.5 Å². The summed E-state index contributed by atoms with van der Waals surface area (Å²) in [5, 5.41) is 6.29. The number of nitrogens with one attached hydrogen (secondary N) is 2. The first-order valence-corrected chi connectivity index (χ1v) is 9.08. The maximum absolute atomic E-state index is 12.2. The van der Waals surface area contributed by atoms with Gasteiger partial charge in [0.15, 0.2) is 0 Å². The second-order valence-electron chi connectivity index (χ2n) is 6.86. The van der Waals surface area contributed by atoms with E-state index in [4.69, 9.17) is 14.2 Å². The van der Waals surface area contributed by atoms with Gasteiger partial charge in [-0.3, -0.25) is 4.79 Å². The van der Waals surface area contributed by atoms with Crippen LogP contribution >= 0.6 is 12.4 Å². The van der Waals surface area contributed by atoms with E-state index >= 15 is 0 Å². The summed E-state index contributed by atoms with van der Waals surface area (Å²) in [6.45, 7) is 6.89. The molecule has 26 heavy (non-hydrogen) atoms. The number of rotatable bonds is 7. The Hall–Kier alpha value is -1.34. The zero-order valence-electron chi connectivity index (χ0n) is 15.3. The largest absolute Gasteiger partial charge is 0.493 e. The number of morpholine rings is 1. The van der Waals surface area contributed by atoms with Crippen LogP contribution in [0.4, 0.5) is 0 Å². The molecule has 2 saturated heterocycles. The van der Waals surface area contributed by atoms with Crippen molar-refractivity contribution in [2.24, 2.45) is 5.92 Å². The molecule has 2 aliphatic heterocycles. The van der Waals surface area contributed by atoms with E-state index in [9.17, 15) is 4.79 Å². The van der Waals surface area contributed by atoms with Crippen molar-refractivity contribution in [1.82, 2.24) is 10.6 Å². The van der Waals surface area contributed by atoms with Crippen LogP contribution in [0, 0.1) is 12.8 Å². The van der Waals surface area contributed by atoms with E-state index in [0.717, 1.165) is 43.1 Å². The third-order valence-corrected chi connectivity index (χ3v) is 4.63. The fourth-order valence-electron chi connectivity index (χ4n) is 3.11. The topological polar surface area (TPSA) is 68.8 Å². The number of ether oxygens (including phenoxy) is 3. The molecule has 2 heterocycles. The predicted molar refractivity (Wildman–Crippen MR) is 102 cm³/mol. The smallest absolute Gasteiger partial charge is 0.221 e. The Labute approximate surface area is 161 Å². The normalized spacial score (nSPS) is 22.5. The highest BCUT2D eigenvalue weighted by Gasteiger charge is 2.18. The fraction of sp³-hybridized carbons (Fsp3) is 0.632. The molecular formula is C19H29ClN2O4. The van der Waals surface area contributed by atoms with Gasteiger partial charge in [-0.05, 0) is 25.0 Å². The zero-order valence-corrected chi connectivity index (χ0v) is 16.1. The Bertz CT molecular complexity index is 573. The molecule has 0 spiro atoms. The zero-order chi connectivity index (χ0) is 17.5. The molecule has 2 fully saturated rings. The molecule has 2 unspecified atom stereocenters. The first-order chi connectivity index (χ1) is 12.2. The van der Waals surface area contributed by atoms with E-state index in [1.807, 2.05) is 25.1 Å². The van der Waals surface area contributed by atoms with Crippen molar-refractivity contribution in [3.63, 3.8) is 0 Å². The van der Waals surface area contributed by atoms with Gasteiger partial charge in [-0.2, -0.15) is 0 Å². The van der Waals surface area contributed by atoms with Gasteiger partial charge in [0.25, 0.3) is 0 Å². The van der Waals surface area contributed by atoms with E-state index in [1.165, 1.54) is 0 Å². The number of hydrogen-bond acceptors (Lipinski definition) is 5. The summed E-state index contributed by atoms with van der Waals surface area (Å²) in [4.78, 5) is 12.2. The molecule has 2 N–H and O–H groups in total. The summed E-state index contributed by atoms with van der Waals surface area (Å²) in [5.41, 5.74) is 2.15. The molecule has 1 amide bonds. The average molecular weight is 385 g/mol. The Morgan fingerprint density at radius 1 is 1.31 bits per heavy atom. The highest BCUT2D eigenvalue weighted by Crippen LogP contribution is 2.22. The lowest BCUT2D eigenvalue weighted by molar-refractivity contribution is -0.122. The molecule has 7 heteroatoms. The average Bonchev–Trinajstić information content (AvgIpc) is 3.13. The fourth-order valence-corrected chi connectivity index (χ4v) is 3.11. The molecule has 1 aromatic carbocycles. The number of benzene rings is 1. The summed E-state index contributed by atoms with van der Waals surface area (Å²) < 4.78 is 16.8. The summed E-state index contributed by atoms with van der Waals surface area (Å²) in [6.07, 6.45) is 1.48. The number of carbonyl (C=O) groups is 1. The number of hydrogen-bond donors (Lipinski definition) is 2. The summed E-state index contributed by atoms with van der Waals surface area (Å²) in [5.74, 6) is 1.34. The van der Waals surface area contributed by atoms with E-state index < -0.39 is 0 Å². The number of halogens is 1. The van der Waals surface area contributed by atoms with Crippen LogP contribution in [0.2, 0.25) is 0 Å². The van der Waals surface area contributed by atoms with Gasteiger partial charge in [0.05, 0.1) is 26.4 Å². The van der Waals surface area contributed by atoms with Crippen LogP contribution in [0.25, 0.3) is 0 Å². The van der Waals surface area contributed by atoms with Crippen molar-refractivity contribution < 1.29 is 19.0 Å². The predicted octanol–water partition coefficient (Wildman–Crippen LogP) is 1.83. The molecule has 6 nitrogen and oxygen atoms in total. The first kappa shape index (κ1) is 21.0. The number of amides is 1. The van der Waals surface area contributed by atoms with Crippen molar-refractivity contribution in [2.75, 3.05) is 39.6 Å². The molecular weight excluding hydrogens is 356 g/mol. The van der Waals surface area contributed by atoms with Crippen LogP contribution in [0.1, 0.15) is 24.0 Å². The lowest BCUT2D eigenvalue weighted by atomic mass is 10.1. The Kier molecular flexibility index (Phi) is 8.65. The monoisotopic (exact) mass is 384 g/mol. The van der Waals surface area contributed by atoms with Gasteiger partial charge in [0, 0.05) is 43.6 Å². The number of aryl methyl sites for hydroxylation is 1.